The largest absolute Gasteiger partial charge is 0.315 e. The fourth-order valence-corrected chi connectivity index (χ4v) is 1.33. The highest BCUT2D eigenvalue weighted by Gasteiger charge is 2.12. The van der Waals surface area contributed by atoms with E-state index in [-0.39, 0.29) is 0 Å². The van der Waals surface area contributed by atoms with Gasteiger partial charge in [0, 0.05) is 5.54 Å². The van der Waals surface area contributed by atoms with E-state index in [1.165, 1.54) is 38.5 Å². The van der Waals surface area contributed by atoms with E-state index >= 15 is 0 Å². The Morgan fingerprint density at radius 2 is 1.77 bits per heavy atom. The van der Waals surface area contributed by atoms with Crippen LogP contribution in [0.2, 0.25) is 0 Å². The van der Waals surface area contributed by atoms with E-state index in [4.69, 9.17) is 0 Å². The normalized spacial score (nSPS) is 11.6. The summed E-state index contributed by atoms with van der Waals surface area (Å²) < 4.78 is 0. The zero-order valence-corrected chi connectivity index (χ0v) is 9.53. The van der Waals surface area contributed by atoms with Crippen LogP contribution in [0.3, 0.4) is 0 Å². The van der Waals surface area contributed by atoms with Gasteiger partial charge in [-0.05, 0) is 40.2 Å². The van der Waals surface area contributed by atoms with E-state index in [9.17, 15) is 0 Å². The topological polar surface area (TPSA) is 12.0 Å². The molecule has 0 saturated carbocycles. The van der Waals surface area contributed by atoms with E-state index in [1.807, 2.05) is 13.1 Å². The molecule has 0 spiro atoms. The Kier molecular flexibility index (Phi) is 6.97. The lowest BCUT2D eigenvalue weighted by Gasteiger charge is -2.23. The minimum absolute atomic E-state index is 0.318. The molecule has 0 aromatic heterocycles. The molecular formula is C12H25N. The van der Waals surface area contributed by atoms with Crippen molar-refractivity contribution in [3.05, 3.63) is 12.7 Å². The van der Waals surface area contributed by atoms with Gasteiger partial charge in [-0.25, -0.2) is 0 Å². The molecule has 1 nitrogen and oxygen atoms in total. The second kappa shape index (κ2) is 7.14. The average Bonchev–Trinajstić information content (AvgIpc) is 2.11. The lowest BCUT2D eigenvalue weighted by molar-refractivity contribution is 0.374. The highest BCUT2D eigenvalue weighted by molar-refractivity contribution is 4.74. The number of nitrogens with one attached hydrogen (secondary N) is 1. The number of allylic oxidation sites excluding steroid dienone is 1. The predicted molar refractivity (Wildman–Crippen MR) is 61.0 cm³/mol. The lowest BCUT2D eigenvalue weighted by Crippen LogP contribution is -2.35. The van der Waals surface area contributed by atoms with Crippen molar-refractivity contribution in [3.63, 3.8) is 0 Å². The third-order valence-electron chi connectivity index (χ3n) is 2.64. The summed E-state index contributed by atoms with van der Waals surface area (Å²) in [6.45, 7) is 8.24. The van der Waals surface area contributed by atoms with Crippen molar-refractivity contribution in [1.29, 1.82) is 0 Å². The van der Waals surface area contributed by atoms with Gasteiger partial charge in [0.25, 0.3) is 0 Å². The molecule has 0 fully saturated rings. The van der Waals surface area contributed by atoms with Crippen LogP contribution in [0.15, 0.2) is 12.7 Å². The second-order valence-electron chi connectivity index (χ2n) is 4.38. The molecule has 0 aromatic carbocycles. The summed E-state index contributed by atoms with van der Waals surface area (Å²) >= 11 is 0. The molecule has 0 bridgehead atoms. The first-order valence-electron chi connectivity index (χ1n) is 5.42. The van der Waals surface area contributed by atoms with Gasteiger partial charge in [0.05, 0.1) is 0 Å². The Hall–Kier alpha value is -0.300. The number of unbranched alkanes of at least 4 members (excludes halogenated alkanes) is 4. The number of rotatable bonds is 8. The van der Waals surface area contributed by atoms with Gasteiger partial charge in [-0.3, -0.25) is 0 Å². The molecule has 0 rings (SSSR count). The van der Waals surface area contributed by atoms with Crippen LogP contribution in [-0.2, 0) is 0 Å². The average molecular weight is 183 g/mol. The maximum Gasteiger partial charge on any atom is 0.0122 e. The quantitative estimate of drug-likeness (QED) is 0.448. The summed E-state index contributed by atoms with van der Waals surface area (Å²) in [5.74, 6) is 0. The maximum atomic E-state index is 3.72. The van der Waals surface area contributed by atoms with E-state index in [2.05, 4.69) is 25.7 Å². The minimum atomic E-state index is 0.318. The van der Waals surface area contributed by atoms with Crippen LogP contribution in [0.4, 0.5) is 0 Å². The number of hydrogen-bond donors (Lipinski definition) is 1. The van der Waals surface area contributed by atoms with Gasteiger partial charge in [0.15, 0.2) is 0 Å². The van der Waals surface area contributed by atoms with Crippen molar-refractivity contribution in [2.45, 2.75) is 57.9 Å². The standard InChI is InChI=1S/C12H25N/c1-5-6-7-8-9-10-11-12(2,3)13-4/h5,13H,1,6-11H2,2-4H3. The van der Waals surface area contributed by atoms with Gasteiger partial charge in [-0.1, -0.05) is 25.3 Å². The molecule has 0 atom stereocenters. The summed E-state index contributed by atoms with van der Waals surface area (Å²) in [4.78, 5) is 0. The summed E-state index contributed by atoms with van der Waals surface area (Å²) in [5, 5.41) is 3.33. The van der Waals surface area contributed by atoms with Crippen LogP contribution in [-0.4, -0.2) is 12.6 Å². The van der Waals surface area contributed by atoms with Crippen molar-refractivity contribution in [2.24, 2.45) is 0 Å². The Labute approximate surface area is 83.6 Å². The molecule has 78 valence electrons. The third-order valence-corrected chi connectivity index (χ3v) is 2.64. The Morgan fingerprint density at radius 3 is 2.31 bits per heavy atom. The first-order chi connectivity index (χ1) is 6.12. The Balaban J connectivity index is 3.20. The molecular weight excluding hydrogens is 158 g/mol. The van der Waals surface area contributed by atoms with Crippen LogP contribution in [0.5, 0.6) is 0 Å². The van der Waals surface area contributed by atoms with Crippen molar-refractivity contribution in [1.82, 2.24) is 5.32 Å². The summed E-state index contributed by atoms with van der Waals surface area (Å²) in [6, 6.07) is 0. The zero-order valence-electron chi connectivity index (χ0n) is 9.53. The van der Waals surface area contributed by atoms with Crippen molar-refractivity contribution in [3.8, 4) is 0 Å². The molecule has 1 N–H and O–H groups in total. The van der Waals surface area contributed by atoms with Crippen molar-refractivity contribution >= 4 is 0 Å². The van der Waals surface area contributed by atoms with Gasteiger partial charge < -0.3 is 5.32 Å². The highest BCUT2D eigenvalue weighted by atomic mass is 14.9. The van der Waals surface area contributed by atoms with Gasteiger partial charge in [0.1, 0.15) is 0 Å². The fourth-order valence-electron chi connectivity index (χ4n) is 1.33. The molecule has 0 aliphatic rings. The van der Waals surface area contributed by atoms with Crippen LogP contribution in [0, 0.1) is 0 Å². The van der Waals surface area contributed by atoms with Crippen molar-refractivity contribution < 1.29 is 0 Å². The van der Waals surface area contributed by atoms with E-state index in [0.717, 1.165) is 0 Å². The van der Waals surface area contributed by atoms with E-state index in [1.54, 1.807) is 0 Å². The minimum Gasteiger partial charge on any atom is -0.315 e. The van der Waals surface area contributed by atoms with Crippen LogP contribution in [0.1, 0.15) is 52.4 Å². The van der Waals surface area contributed by atoms with E-state index in [0.29, 0.717) is 5.54 Å². The van der Waals surface area contributed by atoms with Gasteiger partial charge in [-0.15, -0.1) is 6.58 Å². The molecule has 0 saturated heterocycles. The summed E-state index contributed by atoms with van der Waals surface area (Å²) in [7, 11) is 2.04. The van der Waals surface area contributed by atoms with E-state index < -0.39 is 0 Å². The molecule has 0 heterocycles. The van der Waals surface area contributed by atoms with Crippen LogP contribution in [0.25, 0.3) is 0 Å². The third kappa shape index (κ3) is 8.04. The molecule has 0 aromatic rings. The van der Waals surface area contributed by atoms with Crippen LogP contribution < -0.4 is 5.32 Å². The molecule has 0 aliphatic heterocycles. The molecule has 1 heteroatoms. The monoisotopic (exact) mass is 183 g/mol. The molecule has 0 radical (unpaired) electrons. The second-order valence-corrected chi connectivity index (χ2v) is 4.38. The predicted octanol–water partition coefficient (Wildman–Crippen LogP) is 3.51. The molecule has 0 aliphatic carbocycles. The smallest absolute Gasteiger partial charge is 0.0122 e. The van der Waals surface area contributed by atoms with Gasteiger partial charge in [0.2, 0.25) is 0 Å². The van der Waals surface area contributed by atoms with Crippen molar-refractivity contribution in [2.75, 3.05) is 7.05 Å². The Bertz CT molecular complexity index is 127. The zero-order chi connectivity index (χ0) is 10.2. The summed E-state index contributed by atoms with van der Waals surface area (Å²) in [6.07, 6.45) is 9.82. The lowest BCUT2D eigenvalue weighted by atomic mass is 9.96. The first kappa shape index (κ1) is 12.7. The molecule has 0 unspecified atom stereocenters. The van der Waals surface area contributed by atoms with Gasteiger partial charge in [-0.2, -0.15) is 0 Å². The highest BCUT2D eigenvalue weighted by Crippen LogP contribution is 2.14. The molecule has 0 amide bonds. The number of hydrogen-bond acceptors (Lipinski definition) is 1. The maximum absolute atomic E-state index is 3.72. The Morgan fingerprint density at radius 1 is 1.15 bits per heavy atom. The summed E-state index contributed by atoms with van der Waals surface area (Å²) in [5.41, 5.74) is 0.318. The van der Waals surface area contributed by atoms with Gasteiger partial charge >= 0.3 is 0 Å². The SMILES string of the molecule is C=CCCCCCCC(C)(C)NC. The van der Waals surface area contributed by atoms with Crippen LogP contribution >= 0.6 is 0 Å². The fraction of sp³-hybridized carbons (Fsp3) is 0.833. The first-order valence-corrected chi connectivity index (χ1v) is 5.42. The molecule has 13 heavy (non-hydrogen) atoms.